The lowest BCUT2D eigenvalue weighted by molar-refractivity contribution is 0.580. The minimum atomic E-state index is -3.51. The Hall–Kier alpha value is -2.42. The summed E-state index contributed by atoms with van der Waals surface area (Å²) in [6.07, 6.45) is 3.70. The lowest BCUT2D eigenvalue weighted by Crippen LogP contribution is -2.10. The lowest BCUT2D eigenvalue weighted by Gasteiger charge is -2.02. The molecule has 0 saturated carbocycles. The van der Waals surface area contributed by atoms with Crippen LogP contribution in [-0.2, 0) is 10.0 Å². The van der Waals surface area contributed by atoms with E-state index >= 15 is 0 Å². The van der Waals surface area contributed by atoms with E-state index in [9.17, 15) is 8.42 Å². The van der Waals surface area contributed by atoms with E-state index in [2.05, 4.69) is 15.0 Å². The van der Waals surface area contributed by atoms with Gasteiger partial charge in [-0.3, -0.25) is 0 Å². The van der Waals surface area contributed by atoms with Crippen molar-refractivity contribution in [1.82, 2.24) is 18.9 Å². The Bertz CT molecular complexity index is 851. The molecule has 0 fully saturated rings. The van der Waals surface area contributed by atoms with Gasteiger partial charge in [0.25, 0.3) is 0 Å². The van der Waals surface area contributed by atoms with Crippen LogP contribution in [0.15, 0.2) is 29.1 Å². The molecule has 0 amide bonds. The predicted molar refractivity (Wildman–Crippen MR) is 67.7 cm³/mol. The molecule has 8 nitrogen and oxygen atoms in total. The van der Waals surface area contributed by atoms with E-state index in [0.29, 0.717) is 17.0 Å². The minimum Gasteiger partial charge on any atom is -0.463 e. The van der Waals surface area contributed by atoms with E-state index < -0.39 is 10.0 Å². The third kappa shape index (κ3) is 1.83. The maximum Gasteiger partial charge on any atom is 0.238 e. The number of nitrogens with two attached hydrogens (primary N) is 1. The van der Waals surface area contributed by atoms with E-state index in [1.807, 2.05) is 0 Å². The van der Waals surface area contributed by atoms with E-state index in [0.717, 1.165) is 10.2 Å². The summed E-state index contributed by atoms with van der Waals surface area (Å²) in [5.41, 5.74) is 6.40. The summed E-state index contributed by atoms with van der Waals surface area (Å²) in [6.45, 7) is 0. The Labute approximate surface area is 108 Å². The molecule has 0 aromatic carbocycles. The quantitative estimate of drug-likeness (QED) is 0.724. The van der Waals surface area contributed by atoms with Crippen LogP contribution in [0.5, 0.6) is 0 Å². The molecule has 0 radical (unpaired) electrons. The van der Waals surface area contributed by atoms with Gasteiger partial charge in [0.2, 0.25) is 16.0 Å². The summed E-state index contributed by atoms with van der Waals surface area (Å²) in [4.78, 5) is 12.0. The third-order valence-electron chi connectivity index (χ3n) is 2.50. The van der Waals surface area contributed by atoms with Gasteiger partial charge in [-0.25, -0.2) is 22.4 Å². The zero-order valence-electron chi connectivity index (χ0n) is 9.81. The van der Waals surface area contributed by atoms with Crippen LogP contribution in [-0.4, -0.2) is 33.6 Å². The van der Waals surface area contributed by atoms with Crippen molar-refractivity contribution in [2.45, 2.75) is 0 Å². The molecule has 3 rings (SSSR count). The zero-order chi connectivity index (χ0) is 13.6. The highest BCUT2D eigenvalue weighted by molar-refractivity contribution is 7.89. The SMILES string of the molecule is CS(=O)(=O)n1cnc2c(-c3ccco3)nc(N)nc21. The van der Waals surface area contributed by atoms with Gasteiger partial charge < -0.3 is 10.2 Å². The number of anilines is 1. The molecule has 19 heavy (non-hydrogen) atoms. The molecule has 3 heterocycles. The van der Waals surface area contributed by atoms with E-state index in [4.69, 9.17) is 10.2 Å². The van der Waals surface area contributed by atoms with Crippen molar-refractivity contribution >= 4 is 27.1 Å². The second-order valence-electron chi connectivity index (χ2n) is 3.88. The number of imidazole rings is 1. The fourth-order valence-corrected chi connectivity index (χ4v) is 2.38. The number of fused-ring (bicyclic) bond motifs is 1. The molecular formula is C10H9N5O3S. The number of nitrogens with zero attached hydrogens (tertiary/aromatic N) is 4. The standard InChI is InChI=1S/C10H9N5O3S/c1-19(16,17)15-5-12-8-7(6-3-2-4-18-6)13-10(11)14-9(8)15/h2-5H,1H3,(H2,11,13,14). The Morgan fingerprint density at radius 2 is 2.16 bits per heavy atom. The van der Waals surface area contributed by atoms with Crippen molar-refractivity contribution < 1.29 is 12.8 Å². The van der Waals surface area contributed by atoms with Gasteiger partial charge in [-0.1, -0.05) is 0 Å². The van der Waals surface area contributed by atoms with Gasteiger partial charge in [0.15, 0.2) is 11.4 Å². The minimum absolute atomic E-state index is 0.0516. The normalized spacial score (nSPS) is 12.1. The van der Waals surface area contributed by atoms with Gasteiger partial charge >= 0.3 is 0 Å². The van der Waals surface area contributed by atoms with Crippen LogP contribution in [0.2, 0.25) is 0 Å². The third-order valence-corrected chi connectivity index (χ3v) is 3.48. The van der Waals surface area contributed by atoms with Crippen molar-refractivity contribution in [2.75, 3.05) is 12.0 Å². The second-order valence-corrected chi connectivity index (χ2v) is 5.74. The van der Waals surface area contributed by atoms with Gasteiger partial charge in [0.1, 0.15) is 17.5 Å². The topological polar surface area (TPSA) is 117 Å². The smallest absolute Gasteiger partial charge is 0.238 e. The highest BCUT2D eigenvalue weighted by Gasteiger charge is 2.19. The first-order chi connectivity index (χ1) is 8.97. The highest BCUT2D eigenvalue weighted by Crippen LogP contribution is 2.26. The Kier molecular flexibility index (Phi) is 2.32. The van der Waals surface area contributed by atoms with Crippen LogP contribution >= 0.6 is 0 Å². The molecule has 0 aliphatic rings. The summed E-state index contributed by atoms with van der Waals surface area (Å²) in [6, 6.07) is 3.37. The summed E-state index contributed by atoms with van der Waals surface area (Å²) in [7, 11) is -3.51. The summed E-state index contributed by atoms with van der Waals surface area (Å²) < 4.78 is 29.4. The molecule has 3 aromatic rings. The molecule has 2 N–H and O–H groups in total. The molecule has 0 aliphatic carbocycles. The maximum absolute atomic E-state index is 11.6. The van der Waals surface area contributed by atoms with Crippen molar-refractivity contribution in [2.24, 2.45) is 0 Å². The van der Waals surface area contributed by atoms with Crippen LogP contribution in [0.1, 0.15) is 0 Å². The van der Waals surface area contributed by atoms with Gasteiger partial charge in [0.05, 0.1) is 12.5 Å². The molecule has 9 heteroatoms. The molecule has 0 aliphatic heterocycles. The average Bonchev–Trinajstić information content (AvgIpc) is 2.95. The number of aromatic nitrogens is 4. The summed E-state index contributed by atoms with van der Waals surface area (Å²) in [5, 5.41) is 0. The van der Waals surface area contributed by atoms with Crippen molar-refractivity contribution in [3.05, 3.63) is 24.7 Å². The largest absolute Gasteiger partial charge is 0.463 e. The summed E-state index contributed by atoms with van der Waals surface area (Å²) >= 11 is 0. The number of hydrogen-bond donors (Lipinski definition) is 1. The fourth-order valence-electron chi connectivity index (χ4n) is 1.73. The Morgan fingerprint density at radius 3 is 2.79 bits per heavy atom. The Balaban J connectivity index is 2.40. The Morgan fingerprint density at radius 1 is 1.37 bits per heavy atom. The van der Waals surface area contributed by atoms with Crippen molar-refractivity contribution in [1.29, 1.82) is 0 Å². The first-order valence-electron chi connectivity index (χ1n) is 5.22. The van der Waals surface area contributed by atoms with Crippen LogP contribution in [0.3, 0.4) is 0 Å². The van der Waals surface area contributed by atoms with E-state index in [1.54, 1.807) is 12.1 Å². The van der Waals surface area contributed by atoms with Crippen molar-refractivity contribution in [3.63, 3.8) is 0 Å². The van der Waals surface area contributed by atoms with Crippen LogP contribution in [0.25, 0.3) is 22.6 Å². The number of hydrogen-bond acceptors (Lipinski definition) is 7. The number of rotatable bonds is 2. The zero-order valence-corrected chi connectivity index (χ0v) is 10.6. The van der Waals surface area contributed by atoms with E-state index in [-0.39, 0.29) is 11.6 Å². The van der Waals surface area contributed by atoms with E-state index in [1.165, 1.54) is 12.6 Å². The monoisotopic (exact) mass is 279 g/mol. The predicted octanol–water partition coefficient (Wildman–Crippen LogP) is 0.476. The van der Waals surface area contributed by atoms with Crippen LogP contribution < -0.4 is 5.73 Å². The van der Waals surface area contributed by atoms with Gasteiger partial charge in [0, 0.05) is 0 Å². The van der Waals surface area contributed by atoms with Crippen LogP contribution in [0, 0.1) is 0 Å². The van der Waals surface area contributed by atoms with Gasteiger partial charge in [-0.2, -0.15) is 4.98 Å². The molecule has 0 spiro atoms. The maximum atomic E-state index is 11.6. The molecule has 98 valence electrons. The first-order valence-corrected chi connectivity index (χ1v) is 7.06. The molecular weight excluding hydrogens is 270 g/mol. The summed E-state index contributed by atoms with van der Waals surface area (Å²) in [5.74, 6) is 0.391. The average molecular weight is 279 g/mol. The molecule has 3 aromatic heterocycles. The number of furan rings is 1. The number of nitrogen functional groups attached to an aromatic ring is 1. The lowest BCUT2D eigenvalue weighted by atomic mass is 10.3. The molecule has 0 unspecified atom stereocenters. The second kappa shape index (κ2) is 3.79. The van der Waals surface area contributed by atoms with Crippen molar-refractivity contribution in [3.8, 4) is 11.5 Å². The molecule has 0 atom stereocenters. The molecule has 0 saturated heterocycles. The highest BCUT2D eigenvalue weighted by atomic mass is 32.2. The van der Waals surface area contributed by atoms with Crippen LogP contribution in [0.4, 0.5) is 5.95 Å². The van der Waals surface area contributed by atoms with Gasteiger partial charge in [-0.15, -0.1) is 0 Å². The van der Waals surface area contributed by atoms with Gasteiger partial charge in [-0.05, 0) is 12.1 Å². The fraction of sp³-hybridized carbons (Fsp3) is 0.100. The molecule has 0 bridgehead atoms. The first kappa shape index (κ1) is 11.7.